The van der Waals surface area contributed by atoms with Gasteiger partial charge < -0.3 is 20.8 Å². The van der Waals surface area contributed by atoms with E-state index in [0.717, 1.165) is 0 Å². The number of nitrogens with two attached hydrogens (primary N) is 2. The maximum Gasteiger partial charge on any atom is 0.490 e. The summed E-state index contributed by atoms with van der Waals surface area (Å²) in [5.74, 6) is 0. The molecule has 0 aromatic carbocycles. The van der Waals surface area contributed by atoms with Crippen molar-refractivity contribution >= 4 is 7.69 Å². The maximum atomic E-state index is 11.7. The van der Waals surface area contributed by atoms with Crippen LogP contribution in [0.5, 0.6) is 0 Å². The van der Waals surface area contributed by atoms with Gasteiger partial charge in [-0.1, -0.05) is 0 Å². The first-order valence-corrected chi connectivity index (χ1v) is 4.12. The third kappa shape index (κ3) is 9.92. The second kappa shape index (κ2) is 7.86. The Balaban J connectivity index is 3.44. The molecule has 0 fully saturated rings. The van der Waals surface area contributed by atoms with Crippen molar-refractivity contribution in [1.82, 2.24) is 0 Å². The quantitative estimate of drug-likeness (QED) is 0.361. The van der Waals surface area contributed by atoms with Gasteiger partial charge in [-0.15, -0.1) is 0 Å². The van der Waals surface area contributed by atoms with Crippen molar-refractivity contribution < 1.29 is 26.9 Å². The van der Waals surface area contributed by atoms with Gasteiger partial charge in [0.25, 0.3) is 0 Å². The van der Waals surface area contributed by atoms with Gasteiger partial charge in [0.05, 0.1) is 12.5 Å². The molecule has 0 aromatic rings. The van der Waals surface area contributed by atoms with Gasteiger partial charge >= 0.3 is 7.69 Å². The van der Waals surface area contributed by atoms with Gasteiger partial charge in [0.1, 0.15) is 0 Å². The Morgan fingerprint density at radius 1 is 0.867 bits per heavy atom. The standard InChI is InChI=1S/C6H12BF4N2O2/c8-3(9)1-5(12)14-7-15-6(13)2-4(10)11/h3-6H,1-2,12-13H2. The summed E-state index contributed by atoms with van der Waals surface area (Å²) in [5.41, 5.74) is 10.1. The first-order chi connectivity index (χ1) is 6.91. The fourth-order valence-corrected chi connectivity index (χ4v) is 0.637. The summed E-state index contributed by atoms with van der Waals surface area (Å²) in [5, 5.41) is 0. The van der Waals surface area contributed by atoms with Crippen LogP contribution in [0.15, 0.2) is 0 Å². The molecular formula is C6H12BF4N2O2. The molecule has 0 aliphatic rings. The summed E-state index contributed by atoms with van der Waals surface area (Å²) in [4.78, 5) is 0. The molecule has 9 heteroatoms. The van der Waals surface area contributed by atoms with E-state index in [1.165, 1.54) is 0 Å². The zero-order chi connectivity index (χ0) is 11.8. The first kappa shape index (κ1) is 14.6. The van der Waals surface area contributed by atoms with E-state index in [4.69, 9.17) is 11.5 Å². The molecule has 0 spiro atoms. The molecule has 0 rings (SSSR count). The lowest BCUT2D eigenvalue weighted by Gasteiger charge is -2.14. The molecule has 0 bridgehead atoms. The molecule has 0 saturated heterocycles. The van der Waals surface area contributed by atoms with E-state index in [1.807, 2.05) is 0 Å². The van der Waals surface area contributed by atoms with Crippen molar-refractivity contribution in [2.24, 2.45) is 11.5 Å². The molecule has 0 aliphatic heterocycles. The smallest absolute Gasteiger partial charge is 0.397 e. The number of halogens is 4. The van der Waals surface area contributed by atoms with Gasteiger partial charge in [-0.3, -0.25) is 0 Å². The molecule has 1 radical (unpaired) electrons. The first-order valence-electron chi connectivity index (χ1n) is 4.12. The van der Waals surface area contributed by atoms with Crippen molar-refractivity contribution in [2.75, 3.05) is 0 Å². The van der Waals surface area contributed by atoms with Crippen molar-refractivity contribution in [3.63, 3.8) is 0 Å². The monoisotopic (exact) mass is 231 g/mol. The minimum absolute atomic E-state index is 0.597. The molecule has 4 nitrogen and oxygen atoms in total. The van der Waals surface area contributed by atoms with Gasteiger partial charge in [-0.05, 0) is 0 Å². The molecule has 2 unspecified atom stereocenters. The van der Waals surface area contributed by atoms with Crippen LogP contribution in [0.25, 0.3) is 0 Å². The number of hydrogen-bond acceptors (Lipinski definition) is 4. The van der Waals surface area contributed by atoms with Crippen molar-refractivity contribution in [3.05, 3.63) is 0 Å². The number of hydrogen-bond donors (Lipinski definition) is 2. The minimum Gasteiger partial charge on any atom is -0.397 e. The lowest BCUT2D eigenvalue weighted by molar-refractivity contribution is 0.0418. The Labute approximate surface area is 85.2 Å². The lowest BCUT2D eigenvalue weighted by atomic mass is 10.3. The Morgan fingerprint density at radius 3 is 1.47 bits per heavy atom. The predicted octanol–water partition coefficient (Wildman–Crippen LogP) is 0.434. The average Bonchev–Trinajstić information content (AvgIpc) is 2.00. The Kier molecular flexibility index (Phi) is 7.66. The molecular weight excluding hydrogens is 219 g/mol. The van der Waals surface area contributed by atoms with Crippen LogP contribution in [0.3, 0.4) is 0 Å². The predicted molar refractivity (Wildman–Crippen MR) is 45.1 cm³/mol. The second-order valence-corrected chi connectivity index (χ2v) is 2.70. The molecule has 15 heavy (non-hydrogen) atoms. The molecule has 4 N–H and O–H groups in total. The van der Waals surface area contributed by atoms with Crippen molar-refractivity contribution in [1.29, 1.82) is 0 Å². The number of alkyl halides is 4. The summed E-state index contributed by atoms with van der Waals surface area (Å²) in [6.45, 7) is 0. The Hall–Kier alpha value is -0.375. The lowest BCUT2D eigenvalue weighted by Crippen LogP contribution is -2.33. The van der Waals surface area contributed by atoms with Crippen LogP contribution in [0.4, 0.5) is 17.6 Å². The summed E-state index contributed by atoms with van der Waals surface area (Å²) in [7, 11) is 0.597. The molecule has 0 heterocycles. The van der Waals surface area contributed by atoms with Gasteiger partial charge in [0.2, 0.25) is 12.9 Å². The highest BCUT2D eigenvalue weighted by atomic mass is 19.3. The summed E-state index contributed by atoms with van der Waals surface area (Å²) < 4.78 is 55.7. The molecule has 2 atom stereocenters. The van der Waals surface area contributed by atoms with Crippen molar-refractivity contribution in [2.45, 2.75) is 38.1 Å². The van der Waals surface area contributed by atoms with Gasteiger partial charge in [0.15, 0.2) is 0 Å². The third-order valence-corrected chi connectivity index (χ3v) is 1.28. The normalized spacial score (nSPS) is 15.7. The van der Waals surface area contributed by atoms with Gasteiger partial charge in [0, 0.05) is 12.8 Å². The molecule has 89 valence electrons. The maximum absolute atomic E-state index is 11.7. The van der Waals surface area contributed by atoms with Crippen LogP contribution in [-0.4, -0.2) is 33.0 Å². The highest BCUT2D eigenvalue weighted by Crippen LogP contribution is 2.04. The van der Waals surface area contributed by atoms with Gasteiger partial charge in [-0.2, -0.15) is 0 Å². The summed E-state index contributed by atoms with van der Waals surface area (Å²) >= 11 is 0. The van der Waals surface area contributed by atoms with Crippen LogP contribution >= 0.6 is 0 Å². The van der Waals surface area contributed by atoms with E-state index in [9.17, 15) is 17.6 Å². The van der Waals surface area contributed by atoms with E-state index in [-0.39, 0.29) is 0 Å². The van der Waals surface area contributed by atoms with Crippen LogP contribution in [0, 0.1) is 0 Å². The van der Waals surface area contributed by atoms with Crippen molar-refractivity contribution in [3.8, 4) is 0 Å². The van der Waals surface area contributed by atoms with E-state index in [2.05, 4.69) is 9.31 Å². The largest absolute Gasteiger partial charge is 0.490 e. The van der Waals surface area contributed by atoms with E-state index in [0.29, 0.717) is 7.69 Å². The van der Waals surface area contributed by atoms with Crippen LogP contribution in [0.1, 0.15) is 12.8 Å². The Morgan fingerprint density at radius 2 is 1.20 bits per heavy atom. The molecule has 0 aromatic heterocycles. The topological polar surface area (TPSA) is 70.5 Å². The van der Waals surface area contributed by atoms with Gasteiger partial charge in [-0.25, -0.2) is 17.6 Å². The third-order valence-electron chi connectivity index (χ3n) is 1.28. The van der Waals surface area contributed by atoms with Crippen LogP contribution in [-0.2, 0) is 9.31 Å². The summed E-state index contributed by atoms with van der Waals surface area (Å²) in [6, 6.07) is 0. The fourth-order valence-electron chi connectivity index (χ4n) is 0.637. The van der Waals surface area contributed by atoms with Crippen LogP contribution in [0.2, 0.25) is 0 Å². The number of rotatable bonds is 8. The highest BCUT2D eigenvalue weighted by molar-refractivity contribution is 6.18. The zero-order valence-electron chi connectivity index (χ0n) is 7.78. The molecule has 0 amide bonds. The summed E-state index contributed by atoms with van der Waals surface area (Å²) in [6.07, 6.45) is -9.06. The zero-order valence-corrected chi connectivity index (χ0v) is 7.78. The fraction of sp³-hybridized carbons (Fsp3) is 1.00. The van der Waals surface area contributed by atoms with E-state index < -0.39 is 38.1 Å². The average molecular weight is 231 g/mol. The Bertz CT molecular complexity index is 150. The SMILES string of the molecule is NC(CC(F)F)O[B]OC(N)CC(F)F. The second-order valence-electron chi connectivity index (χ2n) is 2.70. The van der Waals surface area contributed by atoms with Crippen LogP contribution < -0.4 is 11.5 Å². The highest BCUT2D eigenvalue weighted by Gasteiger charge is 2.15. The molecule has 0 saturated carbocycles. The minimum atomic E-state index is -2.61. The van der Waals surface area contributed by atoms with E-state index >= 15 is 0 Å². The molecule has 0 aliphatic carbocycles. The van der Waals surface area contributed by atoms with E-state index in [1.54, 1.807) is 0 Å².